The summed E-state index contributed by atoms with van der Waals surface area (Å²) in [5.41, 5.74) is 2.63. The van der Waals surface area contributed by atoms with Crippen molar-refractivity contribution in [1.29, 1.82) is 0 Å². The standard InChI is InChI=1S/C14H24N2O3S/c1-11-9-12(2)14(13(3)10-11)20(17,18)16-6-5-15-7-8-19-4/h9-10,15-16H,5-8H2,1-4H3. The van der Waals surface area contributed by atoms with Gasteiger partial charge in [-0.1, -0.05) is 17.7 Å². The predicted octanol–water partition coefficient (Wildman–Crippen LogP) is 1.13. The van der Waals surface area contributed by atoms with Crippen LogP contribution in [-0.4, -0.2) is 41.8 Å². The SMILES string of the molecule is COCCNCCNS(=O)(=O)c1c(C)cc(C)cc1C. The van der Waals surface area contributed by atoms with Crippen LogP contribution in [0.1, 0.15) is 16.7 Å². The van der Waals surface area contributed by atoms with Gasteiger partial charge in [0.2, 0.25) is 10.0 Å². The van der Waals surface area contributed by atoms with Crippen molar-refractivity contribution in [2.45, 2.75) is 25.7 Å². The lowest BCUT2D eigenvalue weighted by molar-refractivity contribution is 0.199. The number of hydrogen-bond donors (Lipinski definition) is 2. The summed E-state index contributed by atoms with van der Waals surface area (Å²) in [6, 6.07) is 3.77. The van der Waals surface area contributed by atoms with Crippen LogP contribution in [0.3, 0.4) is 0 Å². The number of hydrogen-bond acceptors (Lipinski definition) is 4. The normalized spacial score (nSPS) is 11.8. The molecule has 5 nitrogen and oxygen atoms in total. The Morgan fingerprint density at radius 3 is 2.20 bits per heavy atom. The molecule has 0 atom stereocenters. The average Bonchev–Trinajstić information content (AvgIpc) is 2.31. The van der Waals surface area contributed by atoms with E-state index in [2.05, 4.69) is 10.0 Å². The van der Waals surface area contributed by atoms with Crippen molar-refractivity contribution < 1.29 is 13.2 Å². The first-order chi connectivity index (χ1) is 9.38. The summed E-state index contributed by atoms with van der Waals surface area (Å²) in [5, 5.41) is 3.10. The molecule has 0 spiro atoms. The van der Waals surface area contributed by atoms with Crippen molar-refractivity contribution >= 4 is 10.0 Å². The number of benzene rings is 1. The minimum atomic E-state index is -3.45. The lowest BCUT2D eigenvalue weighted by Gasteiger charge is -2.13. The van der Waals surface area contributed by atoms with Gasteiger partial charge in [-0.05, 0) is 31.9 Å². The summed E-state index contributed by atoms with van der Waals surface area (Å²) >= 11 is 0. The largest absolute Gasteiger partial charge is 0.383 e. The third kappa shape index (κ3) is 4.86. The van der Waals surface area contributed by atoms with Crippen molar-refractivity contribution in [3.05, 3.63) is 28.8 Å². The van der Waals surface area contributed by atoms with E-state index in [0.717, 1.165) is 16.7 Å². The van der Waals surface area contributed by atoms with Gasteiger partial charge in [0.1, 0.15) is 0 Å². The van der Waals surface area contributed by atoms with E-state index < -0.39 is 10.0 Å². The summed E-state index contributed by atoms with van der Waals surface area (Å²) in [5.74, 6) is 0. The van der Waals surface area contributed by atoms with Crippen LogP contribution in [-0.2, 0) is 14.8 Å². The van der Waals surface area contributed by atoms with Crippen molar-refractivity contribution in [2.24, 2.45) is 0 Å². The Morgan fingerprint density at radius 2 is 1.65 bits per heavy atom. The monoisotopic (exact) mass is 300 g/mol. The third-order valence-corrected chi connectivity index (χ3v) is 4.72. The molecule has 0 bridgehead atoms. The summed E-state index contributed by atoms with van der Waals surface area (Å²) in [4.78, 5) is 0.389. The molecule has 0 saturated carbocycles. The molecule has 6 heteroatoms. The first kappa shape index (κ1) is 17.1. The molecule has 0 fully saturated rings. The smallest absolute Gasteiger partial charge is 0.241 e. The maximum atomic E-state index is 12.3. The highest BCUT2D eigenvalue weighted by Gasteiger charge is 2.18. The molecular weight excluding hydrogens is 276 g/mol. The number of ether oxygens (including phenoxy) is 1. The molecule has 0 saturated heterocycles. The van der Waals surface area contributed by atoms with Gasteiger partial charge >= 0.3 is 0 Å². The lowest BCUT2D eigenvalue weighted by atomic mass is 10.1. The van der Waals surface area contributed by atoms with Gasteiger partial charge in [0.05, 0.1) is 11.5 Å². The molecular formula is C14H24N2O3S. The van der Waals surface area contributed by atoms with Gasteiger partial charge in [0.25, 0.3) is 0 Å². The minimum Gasteiger partial charge on any atom is -0.383 e. The van der Waals surface area contributed by atoms with Gasteiger partial charge in [0.15, 0.2) is 0 Å². The summed E-state index contributed by atoms with van der Waals surface area (Å²) in [7, 11) is -1.82. The van der Waals surface area contributed by atoms with Crippen LogP contribution in [0.5, 0.6) is 0 Å². The summed E-state index contributed by atoms with van der Waals surface area (Å²) < 4.78 is 32.1. The second-order valence-electron chi connectivity index (χ2n) is 4.87. The number of rotatable bonds is 8. The van der Waals surface area contributed by atoms with Gasteiger partial charge in [-0.3, -0.25) is 0 Å². The van der Waals surface area contributed by atoms with Crippen molar-refractivity contribution in [3.8, 4) is 0 Å². The molecule has 20 heavy (non-hydrogen) atoms. The molecule has 0 aliphatic rings. The molecule has 0 radical (unpaired) electrons. The highest BCUT2D eigenvalue weighted by molar-refractivity contribution is 7.89. The summed E-state index contributed by atoms with van der Waals surface area (Å²) in [6.45, 7) is 7.87. The second-order valence-corrected chi connectivity index (χ2v) is 6.57. The molecule has 0 amide bonds. The molecule has 0 heterocycles. The number of methoxy groups -OCH3 is 1. The van der Waals surface area contributed by atoms with E-state index in [1.165, 1.54) is 0 Å². The van der Waals surface area contributed by atoms with Crippen LogP contribution in [0.4, 0.5) is 0 Å². The van der Waals surface area contributed by atoms with Gasteiger partial charge < -0.3 is 10.1 Å². The average molecular weight is 300 g/mol. The fraction of sp³-hybridized carbons (Fsp3) is 0.571. The van der Waals surface area contributed by atoms with Crippen LogP contribution < -0.4 is 10.0 Å². The van der Waals surface area contributed by atoms with Gasteiger partial charge in [-0.25, -0.2) is 13.1 Å². The molecule has 114 valence electrons. The Hall–Kier alpha value is -0.950. The van der Waals surface area contributed by atoms with E-state index >= 15 is 0 Å². The molecule has 2 N–H and O–H groups in total. The Bertz CT molecular complexity index is 518. The Balaban J connectivity index is 2.66. The van der Waals surface area contributed by atoms with Crippen LogP contribution >= 0.6 is 0 Å². The molecule has 0 aliphatic carbocycles. The highest BCUT2D eigenvalue weighted by atomic mass is 32.2. The van der Waals surface area contributed by atoms with E-state index in [0.29, 0.717) is 31.1 Å². The van der Waals surface area contributed by atoms with E-state index in [4.69, 9.17) is 4.74 Å². The molecule has 1 aromatic rings. The summed E-state index contributed by atoms with van der Waals surface area (Å²) in [6.07, 6.45) is 0. The minimum absolute atomic E-state index is 0.360. The second kappa shape index (κ2) is 7.73. The van der Waals surface area contributed by atoms with Crippen LogP contribution in [0.15, 0.2) is 17.0 Å². The molecule has 0 unspecified atom stereocenters. The van der Waals surface area contributed by atoms with Gasteiger partial charge in [-0.15, -0.1) is 0 Å². The van der Waals surface area contributed by atoms with Crippen molar-refractivity contribution in [1.82, 2.24) is 10.0 Å². The van der Waals surface area contributed by atoms with E-state index in [9.17, 15) is 8.42 Å². The zero-order chi connectivity index (χ0) is 15.2. The predicted molar refractivity (Wildman–Crippen MR) is 80.6 cm³/mol. The molecule has 0 aliphatic heterocycles. The van der Waals surface area contributed by atoms with Gasteiger partial charge in [-0.2, -0.15) is 0 Å². The zero-order valence-corrected chi connectivity index (χ0v) is 13.4. The molecule has 1 rings (SSSR count). The van der Waals surface area contributed by atoms with Crippen molar-refractivity contribution in [2.75, 3.05) is 33.4 Å². The van der Waals surface area contributed by atoms with Crippen LogP contribution in [0.2, 0.25) is 0 Å². The highest BCUT2D eigenvalue weighted by Crippen LogP contribution is 2.21. The maximum absolute atomic E-state index is 12.3. The quantitative estimate of drug-likeness (QED) is 0.706. The fourth-order valence-electron chi connectivity index (χ4n) is 2.24. The van der Waals surface area contributed by atoms with Crippen LogP contribution in [0.25, 0.3) is 0 Å². The first-order valence-electron chi connectivity index (χ1n) is 6.65. The van der Waals surface area contributed by atoms with Crippen molar-refractivity contribution in [3.63, 3.8) is 0 Å². The number of nitrogens with one attached hydrogen (secondary N) is 2. The Labute approximate surface area is 121 Å². The third-order valence-electron chi connectivity index (χ3n) is 2.95. The molecule has 1 aromatic carbocycles. The fourth-order valence-corrected chi connectivity index (χ4v) is 3.72. The topological polar surface area (TPSA) is 67.4 Å². The van der Waals surface area contributed by atoms with Crippen LogP contribution in [0, 0.1) is 20.8 Å². The first-order valence-corrected chi connectivity index (χ1v) is 8.14. The molecule has 0 aromatic heterocycles. The Kier molecular flexibility index (Phi) is 6.61. The van der Waals surface area contributed by atoms with Gasteiger partial charge in [0, 0.05) is 26.7 Å². The van der Waals surface area contributed by atoms with E-state index in [1.807, 2.05) is 32.9 Å². The van der Waals surface area contributed by atoms with E-state index in [1.54, 1.807) is 7.11 Å². The number of aryl methyl sites for hydroxylation is 3. The lowest BCUT2D eigenvalue weighted by Crippen LogP contribution is -2.33. The maximum Gasteiger partial charge on any atom is 0.241 e. The Morgan fingerprint density at radius 1 is 1.05 bits per heavy atom. The number of sulfonamides is 1. The van der Waals surface area contributed by atoms with E-state index in [-0.39, 0.29) is 0 Å². The zero-order valence-electron chi connectivity index (χ0n) is 12.6.